The zero-order chi connectivity index (χ0) is 12.3. The Bertz CT molecular complexity index is 501. The lowest BCUT2D eigenvalue weighted by Crippen LogP contribution is -2.27. The zero-order valence-electron chi connectivity index (χ0n) is 8.20. The Hall–Kier alpha value is -0.130. The molecule has 8 heteroatoms. The van der Waals surface area contributed by atoms with Crippen molar-refractivity contribution in [2.24, 2.45) is 5.92 Å². The average Bonchev–Trinajstić information content (AvgIpc) is 2.56. The van der Waals surface area contributed by atoms with Crippen molar-refractivity contribution in [2.75, 3.05) is 6.54 Å². The maximum absolute atomic E-state index is 11.7. The van der Waals surface area contributed by atoms with Crippen LogP contribution in [0.1, 0.15) is 6.92 Å². The third kappa shape index (κ3) is 3.43. The van der Waals surface area contributed by atoms with E-state index in [0.29, 0.717) is 8.81 Å². The van der Waals surface area contributed by atoms with Crippen LogP contribution in [0.3, 0.4) is 0 Å². The van der Waals surface area contributed by atoms with Crippen molar-refractivity contribution in [2.45, 2.75) is 11.1 Å². The van der Waals surface area contributed by atoms with E-state index in [1.807, 2.05) is 6.07 Å². The van der Waals surface area contributed by atoms with Crippen molar-refractivity contribution in [1.82, 2.24) is 4.72 Å². The van der Waals surface area contributed by atoms with Crippen molar-refractivity contribution in [1.29, 1.82) is 5.26 Å². The molecule has 4 nitrogen and oxygen atoms in total. The first-order chi connectivity index (χ1) is 7.36. The first-order valence-electron chi connectivity index (χ1n) is 4.21. The quantitative estimate of drug-likeness (QED) is 0.913. The Balaban J connectivity index is 2.83. The fraction of sp³-hybridized carbons (Fsp3) is 0.375. The molecule has 1 atom stereocenters. The van der Waals surface area contributed by atoms with Gasteiger partial charge in [0.2, 0.25) is 10.0 Å². The summed E-state index contributed by atoms with van der Waals surface area (Å²) in [4.78, 5) is 0. The summed E-state index contributed by atoms with van der Waals surface area (Å²) in [5.74, 6) is -0.367. The number of hydrogen-bond donors (Lipinski definition) is 1. The highest BCUT2D eigenvalue weighted by Gasteiger charge is 2.19. The summed E-state index contributed by atoms with van der Waals surface area (Å²) >= 11 is 9.92. The highest BCUT2D eigenvalue weighted by atomic mass is 79.9. The maximum Gasteiger partial charge on any atom is 0.250 e. The van der Waals surface area contributed by atoms with Crippen molar-refractivity contribution >= 4 is 48.9 Å². The lowest BCUT2D eigenvalue weighted by Gasteiger charge is -2.04. The van der Waals surface area contributed by atoms with Crippen LogP contribution in [0.5, 0.6) is 0 Å². The number of hydrogen-bond acceptors (Lipinski definition) is 4. The SMILES string of the molecule is CC(C#N)CNS(=O)(=O)c1cc(Cl)c(Br)s1. The second-order valence-electron chi connectivity index (χ2n) is 3.07. The van der Waals surface area contributed by atoms with Crippen molar-refractivity contribution < 1.29 is 8.42 Å². The number of nitrogens with one attached hydrogen (secondary N) is 1. The van der Waals surface area contributed by atoms with Crippen LogP contribution >= 0.6 is 38.9 Å². The Morgan fingerprint density at radius 3 is 2.81 bits per heavy atom. The van der Waals surface area contributed by atoms with Crippen LogP contribution in [0.4, 0.5) is 0 Å². The molecule has 0 saturated heterocycles. The molecule has 1 heterocycles. The van der Waals surface area contributed by atoms with Crippen LogP contribution in [-0.2, 0) is 10.0 Å². The van der Waals surface area contributed by atoms with E-state index in [2.05, 4.69) is 20.7 Å². The van der Waals surface area contributed by atoms with E-state index in [-0.39, 0.29) is 16.7 Å². The normalized spacial score (nSPS) is 13.4. The van der Waals surface area contributed by atoms with Crippen LogP contribution in [-0.4, -0.2) is 15.0 Å². The smallest absolute Gasteiger partial charge is 0.209 e. The summed E-state index contributed by atoms with van der Waals surface area (Å²) in [6.45, 7) is 1.73. The second-order valence-corrected chi connectivity index (χ2v) is 7.84. The van der Waals surface area contributed by atoms with E-state index in [0.717, 1.165) is 11.3 Å². The fourth-order valence-electron chi connectivity index (χ4n) is 0.811. The molecule has 0 spiro atoms. The molecule has 0 aromatic carbocycles. The van der Waals surface area contributed by atoms with Gasteiger partial charge in [-0.25, -0.2) is 13.1 Å². The van der Waals surface area contributed by atoms with E-state index in [1.54, 1.807) is 6.92 Å². The summed E-state index contributed by atoms with van der Waals surface area (Å²) in [7, 11) is -3.56. The third-order valence-corrected chi connectivity index (χ3v) is 6.06. The lowest BCUT2D eigenvalue weighted by atomic mass is 10.2. The third-order valence-electron chi connectivity index (χ3n) is 1.69. The van der Waals surface area contributed by atoms with Gasteiger partial charge in [0.25, 0.3) is 0 Å². The molecular weight excluding hydrogens is 336 g/mol. The number of thiophene rings is 1. The average molecular weight is 344 g/mol. The summed E-state index contributed by atoms with van der Waals surface area (Å²) in [5, 5.41) is 8.90. The van der Waals surface area contributed by atoms with Crippen LogP contribution in [0, 0.1) is 17.2 Å². The van der Waals surface area contributed by atoms with Gasteiger partial charge in [-0.15, -0.1) is 11.3 Å². The van der Waals surface area contributed by atoms with E-state index in [1.165, 1.54) is 6.07 Å². The van der Waals surface area contributed by atoms with E-state index in [4.69, 9.17) is 16.9 Å². The lowest BCUT2D eigenvalue weighted by molar-refractivity contribution is 0.575. The van der Waals surface area contributed by atoms with Crippen LogP contribution in [0.2, 0.25) is 5.02 Å². The Kier molecular flexibility index (Phi) is 4.76. The topological polar surface area (TPSA) is 70.0 Å². The van der Waals surface area contributed by atoms with Gasteiger partial charge in [0.15, 0.2) is 0 Å². The predicted octanol–water partition coefficient (Wildman–Crippen LogP) is 2.60. The maximum atomic E-state index is 11.7. The molecule has 0 aliphatic heterocycles. The fourth-order valence-corrected chi connectivity index (χ4v) is 4.38. The number of sulfonamides is 1. The zero-order valence-corrected chi connectivity index (χ0v) is 12.2. The van der Waals surface area contributed by atoms with E-state index in [9.17, 15) is 8.42 Å². The molecule has 1 aromatic heterocycles. The van der Waals surface area contributed by atoms with Gasteiger partial charge >= 0.3 is 0 Å². The molecule has 0 amide bonds. The Morgan fingerprint density at radius 2 is 2.38 bits per heavy atom. The van der Waals surface area contributed by atoms with Gasteiger partial charge in [0.05, 0.1) is 20.8 Å². The number of nitriles is 1. The highest BCUT2D eigenvalue weighted by Crippen LogP contribution is 2.34. The molecule has 16 heavy (non-hydrogen) atoms. The molecule has 0 bridgehead atoms. The molecule has 0 aliphatic rings. The molecule has 1 aromatic rings. The number of halogens is 2. The predicted molar refractivity (Wildman–Crippen MR) is 67.0 cm³/mol. The van der Waals surface area contributed by atoms with Crippen LogP contribution in [0.25, 0.3) is 0 Å². The highest BCUT2D eigenvalue weighted by molar-refractivity contribution is 9.11. The van der Waals surface area contributed by atoms with Gasteiger partial charge in [0, 0.05) is 6.54 Å². The standard InChI is InChI=1S/C8H8BrClN2O2S2/c1-5(3-11)4-12-16(13,14)7-2-6(10)8(9)15-7/h2,5,12H,4H2,1H3. The van der Waals surface area contributed by atoms with Gasteiger partial charge in [-0.1, -0.05) is 11.6 Å². The summed E-state index contributed by atoms with van der Waals surface area (Å²) in [6, 6.07) is 3.32. The second kappa shape index (κ2) is 5.47. The van der Waals surface area contributed by atoms with Crippen LogP contribution < -0.4 is 4.72 Å². The summed E-state index contributed by atoms with van der Waals surface area (Å²) in [6.07, 6.45) is 0. The van der Waals surface area contributed by atoms with Crippen molar-refractivity contribution in [3.05, 3.63) is 14.9 Å². The number of rotatable bonds is 4. The summed E-state index contributed by atoms with van der Waals surface area (Å²) in [5.41, 5.74) is 0. The van der Waals surface area contributed by atoms with Gasteiger partial charge in [0.1, 0.15) is 4.21 Å². The van der Waals surface area contributed by atoms with Gasteiger partial charge in [-0.2, -0.15) is 5.26 Å². The minimum Gasteiger partial charge on any atom is -0.209 e. The molecular formula is C8H8BrClN2O2S2. The van der Waals surface area contributed by atoms with Crippen molar-refractivity contribution in [3.8, 4) is 6.07 Å². The first kappa shape index (κ1) is 13.9. The first-order valence-corrected chi connectivity index (χ1v) is 7.68. The Labute approximate surface area is 111 Å². The minimum atomic E-state index is -3.56. The van der Waals surface area contributed by atoms with Crippen molar-refractivity contribution in [3.63, 3.8) is 0 Å². The molecule has 0 radical (unpaired) electrons. The molecule has 1 N–H and O–H groups in total. The molecule has 1 rings (SSSR count). The van der Waals surface area contributed by atoms with Crippen LogP contribution in [0.15, 0.2) is 14.1 Å². The number of nitrogens with zero attached hydrogens (tertiary/aromatic N) is 1. The molecule has 0 aliphatic carbocycles. The molecule has 1 unspecified atom stereocenters. The van der Waals surface area contributed by atoms with E-state index >= 15 is 0 Å². The summed E-state index contributed by atoms with van der Waals surface area (Å²) < 4.78 is 26.5. The molecule has 0 saturated carbocycles. The Morgan fingerprint density at radius 1 is 1.75 bits per heavy atom. The van der Waals surface area contributed by atoms with E-state index < -0.39 is 10.0 Å². The van der Waals surface area contributed by atoms with Gasteiger partial charge in [-0.05, 0) is 28.9 Å². The largest absolute Gasteiger partial charge is 0.250 e. The minimum absolute atomic E-state index is 0.0893. The van der Waals surface area contributed by atoms with Gasteiger partial charge < -0.3 is 0 Å². The monoisotopic (exact) mass is 342 g/mol. The molecule has 0 fully saturated rings. The van der Waals surface area contributed by atoms with Gasteiger partial charge in [-0.3, -0.25) is 0 Å². The molecule has 88 valence electrons.